The van der Waals surface area contributed by atoms with Crippen LogP contribution in [0.3, 0.4) is 0 Å². The maximum Gasteiger partial charge on any atom is 0.433 e. The number of alkyl halides is 3. The van der Waals surface area contributed by atoms with Crippen LogP contribution in [0.2, 0.25) is 10.0 Å². The summed E-state index contributed by atoms with van der Waals surface area (Å²) >= 11 is 12.0. The largest absolute Gasteiger partial charge is 0.462 e. The van der Waals surface area contributed by atoms with Gasteiger partial charge >= 0.3 is 12.1 Å². The Morgan fingerprint density at radius 3 is 2.36 bits per heavy atom. The predicted molar refractivity (Wildman–Crippen MR) is 98.3 cm³/mol. The molecule has 0 aliphatic rings. The van der Waals surface area contributed by atoms with Gasteiger partial charge in [0.1, 0.15) is 16.9 Å². The minimum Gasteiger partial charge on any atom is -0.462 e. The lowest BCUT2D eigenvalue weighted by Gasteiger charge is -2.15. The van der Waals surface area contributed by atoms with Crippen molar-refractivity contribution < 1.29 is 22.7 Å². The van der Waals surface area contributed by atoms with E-state index in [0.29, 0.717) is 5.02 Å². The summed E-state index contributed by atoms with van der Waals surface area (Å²) in [6.45, 7) is 1.53. The first kappa shape index (κ1) is 20.2. The first-order valence-corrected chi connectivity index (χ1v) is 8.66. The molecule has 0 aliphatic heterocycles. The van der Waals surface area contributed by atoms with Crippen molar-refractivity contribution in [1.29, 1.82) is 0 Å². The quantitative estimate of drug-likeness (QED) is 0.555. The first-order valence-electron chi connectivity index (χ1n) is 7.90. The zero-order valence-electron chi connectivity index (χ0n) is 14.2. The monoisotopic (exact) mass is 430 g/mol. The number of ether oxygens (including phenoxy) is 1. The zero-order chi connectivity index (χ0) is 20.6. The third kappa shape index (κ3) is 3.57. The number of hydrogen-bond donors (Lipinski definition) is 0. The van der Waals surface area contributed by atoms with Crippen molar-refractivity contribution in [2.24, 2.45) is 0 Å². The van der Waals surface area contributed by atoms with E-state index in [9.17, 15) is 22.8 Å². The Kier molecular flexibility index (Phi) is 5.36. The summed E-state index contributed by atoms with van der Waals surface area (Å²) in [5.41, 5.74) is -2.84. The molecule has 0 radical (unpaired) electrons. The summed E-state index contributed by atoms with van der Waals surface area (Å²) < 4.78 is 45.2. The maximum atomic E-state index is 13.1. The number of aromatic nitrogens is 2. The Balaban J connectivity index is 2.46. The van der Waals surface area contributed by atoms with Crippen molar-refractivity contribution in [3.63, 3.8) is 0 Å². The number of rotatable bonds is 3. The van der Waals surface area contributed by atoms with Crippen molar-refractivity contribution in [3.05, 3.63) is 68.1 Å². The topological polar surface area (TPSA) is 61.2 Å². The summed E-state index contributed by atoms with van der Waals surface area (Å²) in [5, 5.41) is 0.0155. The standard InChI is InChI=1S/C18H11Cl2F3N2O3/c1-2-28-17(27)13-14(20)11-7-8-12(18(21,22)23)24-15(11)25(16(13)26)10-5-3-9(19)4-6-10/h3-8H,2H2,1H3. The predicted octanol–water partition coefficient (Wildman–Crippen LogP) is 4.89. The number of pyridine rings is 2. The highest BCUT2D eigenvalue weighted by molar-refractivity contribution is 6.38. The summed E-state index contributed by atoms with van der Waals surface area (Å²) in [5.74, 6) is -0.984. The third-order valence-corrected chi connectivity index (χ3v) is 4.46. The normalized spacial score (nSPS) is 11.6. The average Bonchev–Trinajstić information content (AvgIpc) is 2.62. The van der Waals surface area contributed by atoms with E-state index in [1.807, 2.05) is 0 Å². The molecular weight excluding hydrogens is 420 g/mol. The van der Waals surface area contributed by atoms with Crippen molar-refractivity contribution in [3.8, 4) is 5.69 Å². The summed E-state index contributed by atoms with van der Waals surface area (Å²) in [7, 11) is 0. The van der Waals surface area contributed by atoms with Gasteiger partial charge in [-0.1, -0.05) is 23.2 Å². The Bertz CT molecular complexity index is 1130. The Morgan fingerprint density at radius 2 is 1.79 bits per heavy atom. The molecule has 0 spiro atoms. The van der Waals surface area contributed by atoms with Crippen LogP contribution in [-0.2, 0) is 10.9 Å². The minimum atomic E-state index is -4.73. The molecule has 0 atom stereocenters. The Hall–Kier alpha value is -2.58. The molecule has 3 aromatic rings. The molecule has 2 aromatic heterocycles. The van der Waals surface area contributed by atoms with Gasteiger partial charge in [-0.2, -0.15) is 13.2 Å². The molecule has 0 amide bonds. The molecule has 2 heterocycles. The molecule has 0 aliphatic carbocycles. The lowest BCUT2D eigenvalue weighted by molar-refractivity contribution is -0.141. The van der Waals surface area contributed by atoms with Gasteiger partial charge in [-0.05, 0) is 43.3 Å². The van der Waals surface area contributed by atoms with E-state index in [0.717, 1.165) is 16.7 Å². The van der Waals surface area contributed by atoms with Gasteiger partial charge in [0, 0.05) is 10.4 Å². The highest BCUT2D eigenvalue weighted by Gasteiger charge is 2.34. The van der Waals surface area contributed by atoms with Gasteiger partial charge in [-0.3, -0.25) is 9.36 Å². The third-order valence-electron chi connectivity index (χ3n) is 3.81. The lowest BCUT2D eigenvalue weighted by atomic mass is 10.1. The van der Waals surface area contributed by atoms with Crippen LogP contribution in [0.25, 0.3) is 16.7 Å². The molecule has 0 unspecified atom stereocenters. The number of halogens is 5. The molecule has 0 N–H and O–H groups in total. The Labute approximate surface area is 166 Å². The van der Waals surface area contributed by atoms with Crippen LogP contribution in [0.1, 0.15) is 23.0 Å². The fourth-order valence-corrected chi connectivity index (χ4v) is 3.03. The first-order chi connectivity index (χ1) is 13.1. The van der Waals surface area contributed by atoms with Crippen LogP contribution >= 0.6 is 23.2 Å². The van der Waals surface area contributed by atoms with E-state index >= 15 is 0 Å². The number of carbonyl (C=O) groups excluding carboxylic acids is 1. The van der Waals surface area contributed by atoms with Crippen LogP contribution in [0.15, 0.2) is 41.2 Å². The highest BCUT2D eigenvalue weighted by atomic mass is 35.5. The van der Waals surface area contributed by atoms with Gasteiger partial charge in [-0.25, -0.2) is 9.78 Å². The van der Waals surface area contributed by atoms with Crippen LogP contribution in [0.4, 0.5) is 13.2 Å². The number of benzene rings is 1. The molecule has 0 saturated heterocycles. The fourth-order valence-electron chi connectivity index (χ4n) is 2.59. The van der Waals surface area contributed by atoms with Crippen LogP contribution in [0, 0.1) is 0 Å². The van der Waals surface area contributed by atoms with E-state index in [-0.39, 0.29) is 28.4 Å². The Morgan fingerprint density at radius 1 is 1.14 bits per heavy atom. The van der Waals surface area contributed by atoms with E-state index in [2.05, 4.69) is 4.98 Å². The van der Waals surface area contributed by atoms with Gasteiger partial charge in [0.2, 0.25) is 0 Å². The van der Waals surface area contributed by atoms with Gasteiger partial charge < -0.3 is 4.74 Å². The van der Waals surface area contributed by atoms with Gasteiger partial charge in [-0.15, -0.1) is 0 Å². The molecular formula is C18H11Cl2F3N2O3. The fraction of sp³-hybridized carbons (Fsp3) is 0.167. The number of hydrogen-bond acceptors (Lipinski definition) is 4. The molecule has 5 nitrogen and oxygen atoms in total. The molecule has 0 saturated carbocycles. The minimum absolute atomic E-state index is 0.00716. The van der Waals surface area contributed by atoms with E-state index in [4.69, 9.17) is 27.9 Å². The average molecular weight is 431 g/mol. The van der Waals surface area contributed by atoms with Crippen molar-refractivity contribution in [2.45, 2.75) is 13.1 Å². The van der Waals surface area contributed by atoms with Gasteiger partial charge in [0.05, 0.1) is 17.3 Å². The molecule has 0 bridgehead atoms. The molecule has 28 heavy (non-hydrogen) atoms. The SMILES string of the molecule is CCOC(=O)c1c(Cl)c2ccc(C(F)(F)F)nc2n(-c2ccc(Cl)cc2)c1=O. The molecule has 3 rings (SSSR count). The van der Waals surface area contributed by atoms with Gasteiger partial charge in [0.15, 0.2) is 0 Å². The van der Waals surface area contributed by atoms with Crippen LogP contribution < -0.4 is 5.56 Å². The molecule has 10 heteroatoms. The molecule has 0 fully saturated rings. The zero-order valence-corrected chi connectivity index (χ0v) is 15.7. The maximum absolute atomic E-state index is 13.1. The van der Waals surface area contributed by atoms with Crippen molar-refractivity contribution in [1.82, 2.24) is 9.55 Å². The van der Waals surface area contributed by atoms with E-state index in [1.165, 1.54) is 24.3 Å². The second-order valence-electron chi connectivity index (χ2n) is 5.59. The summed E-state index contributed by atoms with van der Waals surface area (Å²) in [4.78, 5) is 28.8. The summed E-state index contributed by atoms with van der Waals surface area (Å²) in [6.07, 6.45) is -4.73. The number of nitrogens with zero attached hydrogens (tertiary/aromatic N) is 2. The smallest absolute Gasteiger partial charge is 0.433 e. The van der Waals surface area contributed by atoms with E-state index < -0.39 is 29.0 Å². The summed E-state index contributed by atoms with van der Waals surface area (Å²) in [6, 6.07) is 7.49. The van der Waals surface area contributed by atoms with Crippen molar-refractivity contribution in [2.75, 3.05) is 6.61 Å². The van der Waals surface area contributed by atoms with Crippen LogP contribution in [0.5, 0.6) is 0 Å². The van der Waals surface area contributed by atoms with Gasteiger partial charge in [0.25, 0.3) is 5.56 Å². The highest BCUT2D eigenvalue weighted by Crippen LogP contribution is 2.32. The number of esters is 1. The van der Waals surface area contributed by atoms with E-state index in [1.54, 1.807) is 6.92 Å². The number of carbonyl (C=O) groups is 1. The second-order valence-corrected chi connectivity index (χ2v) is 6.41. The molecule has 146 valence electrons. The molecule has 1 aromatic carbocycles. The second kappa shape index (κ2) is 7.44. The van der Waals surface area contributed by atoms with Crippen molar-refractivity contribution >= 4 is 40.2 Å². The van der Waals surface area contributed by atoms with Crippen LogP contribution in [-0.4, -0.2) is 22.1 Å². The number of fused-ring (bicyclic) bond motifs is 1. The lowest BCUT2D eigenvalue weighted by Crippen LogP contribution is -2.28.